The van der Waals surface area contributed by atoms with E-state index in [9.17, 15) is 4.79 Å². The van der Waals surface area contributed by atoms with Crippen LogP contribution in [0.2, 0.25) is 0 Å². The van der Waals surface area contributed by atoms with E-state index in [-0.39, 0.29) is 11.9 Å². The zero-order chi connectivity index (χ0) is 12.1. The maximum atomic E-state index is 12.0. The maximum Gasteiger partial charge on any atom is 0.228 e. The zero-order valence-corrected chi connectivity index (χ0v) is 10.9. The Morgan fingerprint density at radius 3 is 2.75 bits per heavy atom. The predicted octanol–water partition coefficient (Wildman–Crippen LogP) is 1.91. The standard InChI is InChI=1S/C11H19N3OS/c1-4-8(3)14(5-2)10(15)6-9-7-16-11(12)13-9/h7-8H,4-6H2,1-3H3,(H2,12,13). The Morgan fingerprint density at radius 1 is 1.62 bits per heavy atom. The number of hydrogen-bond donors (Lipinski definition) is 1. The normalized spacial score (nSPS) is 12.4. The number of carbonyl (C=O) groups excluding carboxylic acids is 1. The molecule has 0 radical (unpaired) electrons. The van der Waals surface area contributed by atoms with Crippen LogP contribution >= 0.6 is 11.3 Å². The highest BCUT2D eigenvalue weighted by atomic mass is 32.1. The third kappa shape index (κ3) is 3.20. The molecule has 90 valence electrons. The Morgan fingerprint density at radius 2 is 2.31 bits per heavy atom. The van der Waals surface area contributed by atoms with Crippen molar-refractivity contribution in [2.24, 2.45) is 0 Å². The van der Waals surface area contributed by atoms with Crippen LogP contribution in [-0.2, 0) is 11.2 Å². The summed E-state index contributed by atoms with van der Waals surface area (Å²) in [7, 11) is 0. The van der Waals surface area contributed by atoms with Crippen molar-refractivity contribution >= 4 is 22.4 Å². The van der Waals surface area contributed by atoms with Crippen LogP contribution < -0.4 is 5.73 Å². The van der Waals surface area contributed by atoms with E-state index in [0.717, 1.165) is 18.7 Å². The van der Waals surface area contributed by atoms with Gasteiger partial charge < -0.3 is 10.6 Å². The fourth-order valence-electron chi connectivity index (χ4n) is 1.61. The molecule has 0 fully saturated rings. The Hall–Kier alpha value is -1.10. The van der Waals surface area contributed by atoms with Gasteiger partial charge >= 0.3 is 0 Å². The maximum absolute atomic E-state index is 12.0. The third-order valence-electron chi connectivity index (χ3n) is 2.69. The summed E-state index contributed by atoms with van der Waals surface area (Å²) in [5.74, 6) is 0.127. The van der Waals surface area contributed by atoms with Gasteiger partial charge in [-0.05, 0) is 20.3 Å². The van der Waals surface area contributed by atoms with Gasteiger partial charge in [0.2, 0.25) is 5.91 Å². The fraction of sp³-hybridized carbons (Fsp3) is 0.636. The van der Waals surface area contributed by atoms with E-state index in [2.05, 4.69) is 18.8 Å². The van der Waals surface area contributed by atoms with Crippen LogP contribution in [0, 0.1) is 0 Å². The molecular formula is C11H19N3OS. The minimum atomic E-state index is 0.127. The Labute approximate surface area is 100 Å². The number of amides is 1. The van der Waals surface area contributed by atoms with Crippen LogP contribution in [0.3, 0.4) is 0 Å². The topological polar surface area (TPSA) is 59.2 Å². The smallest absolute Gasteiger partial charge is 0.228 e. The van der Waals surface area contributed by atoms with Crippen LogP contribution in [0.25, 0.3) is 0 Å². The van der Waals surface area contributed by atoms with Gasteiger partial charge in [-0.25, -0.2) is 4.98 Å². The highest BCUT2D eigenvalue weighted by molar-refractivity contribution is 7.13. The van der Waals surface area contributed by atoms with Crippen LogP contribution in [0.1, 0.15) is 32.9 Å². The molecule has 1 heterocycles. The highest BCUT2D eigenvalue weighted by Crippen LogP contribution is 2.13. The lowest BCUT2D eigenvalue weighted by atomic mass is 10.2. The second-order valence-corrected chi connectivity index (χ2v) is 4.68. The van der Waals surface area contributed by atoms with Gasteiger partial charge in [0.25, 0.3) is 0 Å². The molecule has 1 aromatic rings. The van der Waals surface area contributed by atoms with E-state index in [1.165, 1.54) is 11.3 Å². The first-order valence-corrected chi connectivity index (χ1v) is 6.45. The monoisotopic (exact) mass is 241 g/mol. The van der Waals surface area contributed by atoms with Crippen molar-refractivity contribution in [2.45, 2.75) is 39.7 Å². The van der Waals surface area contributed by atoms with E-state index in [0.29, 0.717) is 11.6 Å². The van der Waals surface area contributed by atoms with E-state index in [1.807, 2.05) is 17.2 Å². The number of nitrogens with two attached hydrogens (primary N) is 1. The molecule has 0 saturated heterocycles. The van der Waals surface area contributed by atoms with Gasteiger partial charge in [0.15, 0.2) is 5.13 Å². The average molecular weight is 241 g/mol. The summed E-state index contributed by atoms with van der Waals surface area (Å²) in [5.41, 5.74) is 6.30. The quantitative estimate of drug-likeness (QED) is 0.856. The molecule has 2 N–H and O–H groups in total. The molecule has 1 aromatic heterocycles. The van der Waals surface area contributed by atoms with Gasteiger partial charge in [0.1, 0.15) is 0 Å². The molecule has 0 aliphatic rings. The Balaban J connectivity index is 2.62. The summed E-state index contributed by atoms with van der Waals surface area (Å²) < 4.78 is 0. The predicted molar refractivity (Wildman–Crippen MR) is 67.4 cm³/mol. The third-order valence-corrected chi connectivity index (χ3v) is 3.41. The van der Waals surface area contributed by atoms with Gasteiger partial charge in [-0.2, -0.15) is 0 Å². The lowest BCUT2D eigenvalue weighted by Crippen LogP contribution is -2.39. The van der Waals surface area contributed by atoms with Gasteiger partial charge in [-0.1, -0.05) is 6.92 Å². The lowest BCUT2D eigenvalue weighted by Gasteiger charge is -2.27. The second kappa shape index (κ2) is 5.84. The lowest BCUT2D eigenvalue weighted by molar-refractivity contribution is -0.132. The van der Waals surface area contributed by atoms with Gasteiger partial charge in [-0.3, -0.25) is 4.79 Å². The number of thiazole rings is 1. The molecule has 4 nitrogen and oxygen atoms in total. The molecular weight excluding hydrogens is 222 g/mol. The summed E-state index contributed by atoms with van der Waals surface area (Å²) in [6, 6.07) is 0.286. The first kappa shape index (κ1) is 13.0. The SMILES string of the molecule is CCC(C)N(CC)C(=O)Cc1csc(N)n1. The average Bonchev–Trinajstić information content (AvgIpc) is 2.64. The summed E-state index contributed by atoms with van der Waals surface area (Å²) in [4.78, 5) is 18.0. The van der Waals surface area contributed by atoms with E-state index >= 15 is 0 Å². The van der Waals surface area contributed by atoms with Crippen LogP contribution in [0.4, 0.5) is 5.13 Å². The van der Waals surface area contributed by atoms with Crippen molar-refractivity contribution in [1.29, 1.82) is 0 Å². The number of likely N-dealkylation sites (N-methyl/N-ethyl adjacent to an activating group) is 1. The summed E-state index contributed by atoms with van der Waals surface area (Å²) >= 11 is 1.38. The molecule has 1 atom stereocenters. The number of aromatic nitrogens is 1. The first-order valence-electron chi connectivity index (χ1n) is 5.57. The highest BCUT2D eigenvalue weighted by Gasteiger charge is 2.18. The van der Waals surface area contributed by atoms with Crippen LogP contribution in [-0.4, -0.2) is 28.4 Å². The number of rotatable bonds is 5. The van der Waals surface area contributed by atoms with Crippen molar-refractivity contribution in [3.8, 4) is 0 Å². The van der Waals surface area contributed by atoms with Crippen LogP contribution in [0.5, 0.6) is 0 Å². The fourth-order valence-corrected chi connectivity index (χ4v) is 2.18. The summed E-state index contributed by atoms with van der Waals surface area (Å²) in [5, 5.41) is 2.37. The van der Waals surface area contributed by atoms with Crippen LogP contribution in [0.15, 0.2) is 5.38 Å². The van der Waals surface area contributed by atoms with Crippen molar-refractivity contribution in [3.63, 3.8) is 0 Å². The number of carbonyl (C=O) groups is 1. The molecule has 1 amide bonds. The van der Waals surface area contributed by atoms with Crippen molar-refractivity contribution in [3.05, 3.63) is 11.1 Å². The molecule has 0 aromatic carbocycles. The van der Waals surface area contributed by atoms with Crippen molar-refractivity contribution in [1.82, 2.24) is 9.88 Å². The largest absolute Gasteiger partial charge is 0.375 e. The molecule has 1 rings (SSSR count). The first-order chi connectivity index (χ1) is 7.58. The van der Waals surface area contributed by atoms with Gasteiger partial charge in [-0.15, -0.1) is 11.3 Å². The molecule has 16 heavy (non-hydrogen) atoms. The summed E-state index contributed by atoms with van der Waals surface area (Å²) in [6.45, 7) is 6.89. The Bertz CT molecular complexity index is 351. The number of nitrogens with zero attached hydrogens (tertiary/aromatic N) is 2. The van der Waals surface area contributed by atoms with Gasteiger partial charge in [0.05, 0.1) is 12.1 Å². The minimum absolute atomic E-state index is 0.127. The molecule has 0 bridgehead atoms. The minimum Gasteiger partial charge on any atom is -0.375 e. The summed E-state index contributed by atoms with van der Waals surface area (Å²) in [6.07, 6.45) is 1.32. The number of hydrogen-bond acceptors (Lipinski definition) is 4. The molecule has 0 aliphatic heterocycles. The molecule has 0 saturated carbocycles. The molecule has 5 heteroatoms. The van der Waals surface area contributed by atoms with E-state index in [1.54, 1.807) is 0 Å². The van der Waals surface area contributed by atoms with Crippen molar-refractivity contribution in [2.75, 3.05) is 12.3 Å². The van der Waals surface area contributed by atoms with Gasteiger partial charge in [0, 0.05) is 18.0 Å². The van der Waals surface area contributed by atoms with E-state index in [4.69, 9.17) is 5.73 Å². The molecule has 0 spiro atoms. The zero-order valence-electron chi connectivity index (χ0n) is 10.1. The number of nitrogen functional groups attached to an aromatic ring is 1. The molecule has 1 unspecified atom stereocenters. The van der Waals surface area contributed by atoms with Crippen molar-refractivity contribution < 1.29 is 4.79 Å². The van der Waals surface area contributed by atoms with E-state index < -0.39 is 0 Å². The second-order valence-electron chi connectivity index (χ2n) is 3.79. The number of anilines is 1. The Kier molecular flexibility index (Phi) is 4.73. The molecule has 0 aliphatic carbocycles.